The molecule has 0 saturated carbocycles. The lowest BCUT2D eigenvalue weighted by atomic mass is 10.3. The summed E-state index contributed by atoms with van der Waals surface area (Å²) in [6.45, 7) is 3.87. The number of aromatic nitrogens is 2. The fourth-order valence-corrected chi connectivity index (χ4v) is 1.36. The lowest BCUT2D eigenvalue weighted by Gasteiger charge is -2.08. The van der Waals surface area contributed by atoms with Gasteiger partial charge in [0.15, 0.2) is 0 Å². The molecule has 0 aliphatic rings. The minimum absolute atomic E-state index is 0.260. The van der Waals surface area contributed by atoms with Crippen LogP contribution in [0.4, 0.5) is 0 Å². The zero-order valence-corrected chi connectivity index (χ0v) is 9.05. The fourth-order valence-electron chi connectivity index (χ4n) is 1.05. The maximum Gasteiger partial charge on any atom is 0.348 e. The second-order valence-electron chi connectivity index (χ2n) is 2.67. The van der Waals surface area contributed by atoms with Gasteiger partial charge in [0, 0.05) is 5.69 Å². The van der Waals surface area contributed by atoms with Crippen LogP contribution in [0.3, 0.4) is 0 Å². The van der Waals surface area contributed by atoms with Crippen LogP contribution in [0.15, 0.2) is 9.27 Å². The first-order valence-electron chi connectivity index (χ1n) is 3.75. The van der Waals surface area contributed by atoms with Crippen LogP contribution in [0.25, 0.3) is 0 Å². The molecule has 1 aromatic heterocycles. The van der Waals surface area contributed by atoms with Crippen LogP contribution in [0, 0.1) is 26.2 Å². The van der Waals surface area contributed by atoms with Crippen molar-refractivity contribution in [3.8, 4) is 12.3 Å². The summed E-state index contributed by atoms with van der Waals surface area (Å²) in [5.74, 6) is 2.41. The highest BCUT2D eigenvalue weighted by atomic mass is 79.9. The van der Waals surface area contributed by atoms with Gasteiger partial charge in [0.05, 0.1) is 16.7 Å². The van der Waals surface area contributed by atoms with Crippen LogP contribution in [-0.2, 0) is 6.54 Å². The number of rotatable bonds is 1. The first kappa shape index (κ1) is 10.0. The van der Waals surface area contributed by atoms with Crippen molar-refractivity contribution in [2.24, 2.45) is 0 Å². The lowest BCUT2D eigenvalue weighted by molar-refractivity contribution is 0.714. The van der Waals surface area contributed by atoms with Crippen LogP contribution in [0.1, 0.15) is 11.4 Å². The summed E-state index contributed by atoms with van der Waals surface area (Å²) < 4.78 is 2.29. The summed E-state index contributed by atoms with van der Waals surface area (Å²) in [6.07, 6.45) is 5.13. The van der Waals surface area contributed by atoms with Crippen molar-refractivity contribution >= 4 is 15.9 Å². The quantitative estimate of drug-likeness (QED) is 0.693. The molecule has 0 saturated heterocycles. The van der Waals surface area contributed by atoms with E-state index < -0.39 is 0 Å². The molecule has 1 rings (SSSR count). The summed E-state index contributed by atoms with van der Waals surface area (Å²) >= 11 is 3.34. The third-order valence-corrected chi connectivity index (χ3v) is 2.93. The van der Waals surface area contributed by atoms with E-state index in [1.165, 1.54) is 4.57 Å². The average molecular weight is 241 g/mol. The lowest BCUT2D eigenvalue weighted by Crippen LogP contribution is -2.26. The van der Waals surface area contributed by atoms with Crippen molar-refractivity contribution < 1.29 is 0 Å². The van der Waals surface area contributed by atoms with Gasteiger partial charge in [-0.3, -0.25) is 4.57 Å². The maximum absolute atomic E-state index is 11.3. The largest absolute Gasteiger partial charge is 0.348 e. The number of nitrogens with zero attached hydrogens (tertiary/aromatic N) is 2. The van der Waals surface area contributed by atoms with E-state index in [2.05, 4.69) is 26.8 Å². The molecular weight excluding hydrogens is 232 g/mol. The molecule has 0 aliphatic heterocycles. The van der Waals surface area contributed by atoms with Gasteiger partial charge in [0.2, 0.25) is 0 Å². The van der Waals surface area contributed by atoms with E-state index in [4.69, 9.17) is 6.42 Å². The van der Waals surface area contributed by atoms with Crippen LogP contribution < -0.4 is 5.69 Å². The number of halogens is 1. The first-order chi connectivity index (χ1) is 6.07. The monoisotopic (exact) mass is 240 g/mol. The van der Waals surface area contributed by atoms with Gasteiger partial charge in [-0.15, -0.1) is 6.42 Å². The van der Waals surface area contributed by atoms with Gasteiger partial charge in [-0.1, -0.05) is 5.92 Å². The van der Waals surface area contributed by atoms with Gasteiger partial charge in [-0.2, -0.15) is 4.98 Å². The Hall–Kier alpha value is -1.08. The van der Waals surface area contributed by atoms with Crippen molar-refractivity contribution in [2.45, 2.75) is 20.4 Å². The van der Waals surface area contributed by atoms with E-state index in [-0.39, 0.29) is 12.2 Å². The molecule has 0 atom stereocenters. The Morgan fingerprint density at radius 1 is 1.62 bits per heavy atom. The van der Waals surface area contributed by atoms with E-state index in [0.717, 1.165) is 10.2 Å². The molecule has 68 valence electrons. The van der Waals surface area contributed by atoms with Crippen LogP contribution >= 0.6 is 15.9 Å². The molecule has 0 aliphatic carbocycles. The third-order valence-electron chi connectivity index (χ3n) is 1.78. The summed E-state index contributed by atoms with van der Waals surface area (Å²) in [5.41, 5.74) is 1.21. The third kappa shape index (κ3) is 1.81. The molecule has 0 spiro atoms. The molecule has 0 radical (unpaired) electrons. The summed E-state index contributed by atoms with van der Waals surface area (Å²) in [6, 6.07) is 0. The number of aryl methyl sites for hydroxylation is 1. The van der Waals surface area contributed by atoms with E-state index in [1.807, 2.05) is 6.92 Å². The Kier molecular flexibility index (Phi) is 2.89. The second kappa shape index (κ2) is 3.75. The Bertz CT molecular complexity index is 428. The van der Waals surface area contributed by atoms with Crippen molar-refractivity contribution in [1.82, 2.24) is 9.55 Å². The molecule has 0 bridgehead atoms. The molecule has 4 heteroatoms. The maximum atomic E-state index is 11.3. The minimum Gasteiger partial charge on any atom is -0.284 e. The Morgan fingerprint density at radius 3 is 2.77 bits per heavy atom. The topological polar surface area (TPSA) is 34.9 Å². The highest BCUT2D eigenvalue weighted by Gasteiger charge is 2.07. The summed E-state index contributed by atoms with van der Waals surface area (Å²) in [4.78, 5) is 15.2. The van der Waals surface area contributed by atoms with Crippen molar-refractivity contribution in [2.75, 3.05) is 0 Å². The summed E-state index contributed by atoms with van der Waals surface area (Å²) in [5, 5.41) is 0. The predicted molar refractivity (Wildman–Crippen MR) is 54.5 cm³/mol. The van der Waals surface area contributed by atoms with Crippen molar-refractivity contribution in [3.63, 3.8) is 0 Å². The van der Waals surface area contributed by atoms with Crippen LogP contribution in [0.2, 0.25) is 0 Å². The van der Waals surface area contributed by atoms with Crippen molar-refractivity contribution in [3.05, 3.63) is 26.3 Å². The SMILES string of the molecule is C#CCn1c(C)c(Br)c(C)nc1=O. The Morgan fingerprint density at radius 2 is 2.23 bits per heavy atom. The van der Waals surface area contributed by atoms with Gasteiger partial charge in [0.25, 0.3) is 0 Å². The molecule has 0 fully saturated rings. The standard InChI is InChI=1S/C9H9BrN2O/c1-4-5-12-7(3)8(10)6(2)11-9(12)13/h1H,5H2,2-3H3. The molecule has 1 aromatic rings. The second-order valence-corrected chi connectivity index (χ2v) is 3.46. The van der Waals surface area contributed by atoms with Gasteiger partial charge in [0.1, 0.15) is 0 Å². The van der Waals surface area contributed by atoms with Crippen molar-refractivity contribution in [1.29, 1.82) is 0 Å². The molecule has 1 heterocycles. The molecular formula is C9H9BrN2O. The van der Waals surface area contributed by atoms with E-state index in [9.17, 15) is 4.79 Å². The Labute approximate surface area is 84.9 Å². The highest BCUT2D eigenvalue weighted by molar-refractivity contribution is 9.10. The van der Waals surface area contributed by atoms with Gasteiger partial charge >= 0.3 is 5.69 Å². The normalized spacial score (nSPS) is 9.69. The summed E-state index contributed by atoms with van der Waals surface area (Å²) in [7, 11) is 0. The van der Waals surface area contributed by atoms with E-state index in [0.29, 0.717) is 5.69 Å². The number of hydrogen-bond donors (Lipinski definition) is 0. The zero-order valence-electron chi connectivity index (χ0n) is 7.47. The van der Waals surface area contributed by atoms with Crippen LogP contribution in [0.5, 0.6) is 0 Å². The van der Waals surface area contributed by atoms with Gasteiger partial charge in [-0.25, -0.2) is 4.79 Å². The minimum atomic E-state index is -0.295. The smallest absolute Gasteiger partial charge is 0.284 e. The molecule has 3 nitrogen and oxygen atoms in total. The first-order valence-corrected chi connectivity index (χ1v) is 4.54. The van der Waals surface area contributed by atoms with E-state index >= 15 is 0 Å². The molecule has 0 N–H and O–H groups in total. The van der Waals surface area contributed by atoms with E-state index in [1.54, 1.807) is 6.92 Å². The number of terminal acetylenes is 1. The highest BCUT2D eigenvalue weighted by Crippen LogP contribution is 2.16. The molecule has 13 heavy (non-hydrogen) atoms. The molecule has 0 amide bonds. The molecule has 0 unspecified atom stereocenters. The average Bonchev–Trinajstić information content (AvgIpc) is 2.09. The van der Waals surface area contributed by atoms with Gasteiger partial charge < -0.3 is 0 Å². The number of hydrogen-bond acceptors (Lipinski definition) is 2. The molecule has 0 aromatic carbocycles. The van der Waals surface area contributed by atoms with Gasteiger partial charge in [-0.05, 0) is 29.8 Å². The van der Waals surface area contributed by atoms with Crippen LogP contribution in [-0.4, -0.2) is 9.55 Å². The zero-order chi connectivity index (χ0) is 10.0. The Balaban J connectivity index is 3.46. The fraction of sp³-hybridized carbons (Fsp3) is 0.333. The predicted octanol–water partition coefficient (Wildman–Crippen LogP) is 1.26.